The second-order valence-electron chi connectivity index (χ2n) is 11.7. The molecule has 0 fully saturated rings. The molecule has 0 aliphatic rings. The van der Waals surface area contributed by atoms with Crippen molar-refractivity contribution in [3.05, 3.63) is 0 Å². The fourth-order valence-electron chi connectivity index (χ4n) is 6.18. The molecule has 0 aliphatic carbocycles. The highest BCUT2D eigenvalue weighted by Gasteiger charge is 2.38. The molecule has 0 amide bonds. The lowest BCUT2D eigenvalue weighted by molar-refractivity contribution is -0.952. The molecule has 0 saturated heterocycles. The summed E-state index contributed by atoms with van der Waals surface area (Å²) in [6, 6.07) is -0.131. The van der Waals surface area contributed by atoms with Crippen LogP contribution in [0.5, 0.6) is 0 Å². The third-order valence-corrected chi connectivity index (χ3v) is 8.45. The van der Waals surface area contributed by atoms with Crippen LogP contribution in [0.25, 0.3) is 0 Å². The van der Waals surface area contributed by atoms with Crippen molar-refractivity contribution in [1.82, 2.24) is 0 Å². The van der Waals surface area contributed by atoms with Crippen LogP contribution in [0.1, 0.15) is 157 Å². The van der Waals surface area contributed by atoms with Gasteiger partial charge in [-0.2, -0.15) is 0 Å². The number of hydrogen-bond donors (Lipinski definition) is 2. The monoisotopic (exact) mass is 578 g/mol. The fraction of sp³-hybridized carbons (Fsp3) is 0.968. The van der Waals surface area contributed by atoms with Gasteiger partial charge in [-0.05, 0) is 32.1 Å². The van der Waals surface area contributed by atoms with E-state index in [2.05, 4.69) is 27.7 Å². The number of unbranched alkanes of at least 4 members (excludes halogenated alkanes) is 13. The number of esters is 1. The minimum atomic E-state index is -4.59. The largest absolute Gasteiger partial charge is 0.469 e. The van der Waals surface area contributed by atoms with Crippen LogP contribution in [0.4, 0.5) is 0 Å². The van der Waals surface area contributed by atoms with Gasteiger partial charge in [-0.3, -0.25) is 9.32 Å². The molecular formula is C31H65NO6P+. The third-order valence-electron chi connectivity index (χ3n) is 7.96. The molecule has 0 bridgehead atoms. The van der Waals surface area contributed by atoms with Gasteiger partial charge >= 0.3 is 13.8 Å². The molecule has 0 aromatic carbocycles. The lowest BCUT2D eigenvalue weighted by Crippen LogP contribution is -2.59. The average molecular weight is 579 g/mol. The molecule has 0 radical (unpaired) electrons. The minimum Gasteiger partial charge on any atom is -0.462 e. The van der Waals surface area contributed by atoms with E-state index in [9.17, 15) is 19.1 Å². The summed E-state index contributed by atoms with van der Waals surface area (Å²) in [5, 5.41) is 0. The van der Waals surface area contributed by atoms with E-state index in [1.54, 1.807) is 0 Å². The van der Waals surface area contributed by atoms with E-state index in [1.165, 1.54) is 84.0 Å². The highest BCUT2D eigenvalue weighted by Crippen LogP contribution is 2.37. The number of carbonyl (C=O) groups is 1. The number of rotatable bonds is 28. The summed E-state index contributed by atoms with van der Waals surface area (Å²) >= 11 is 0. The number of carbonyl (C=O) groups excluding carboxylic acids is 1. The summed E-state index contributed by atoms with van der Waals surface area (Å²) in [4.78, 5) is 30.8. The van der Waals surface area contributed by atoms with Crippen molar-refractivity contribution in [3.8, 4) is 0 Å². The SMILES string of the molecule is CCCCCCCCCCCCCCCCC(CC(COP(=O)(O)O)[N+](CCC)(CCC)CCC)OC(C)=O. The Hall–Kier alpha value is -0.460. The topological polar surface area (TPSA) is 93.1 Å². The molecule has 0 heterocycles. The maximum Gasteiger partial charge on any atom is 0.469 e. The van der Waals surface area contributed by atoms with Gasteiger partial charge in [0.15, 0.2) is 0 Å². The first-order valence-electron chi connectivity index (χ1n) is 16.4. The van der Waals surface area contributed by atoms with Crippen molar-refractivity contribution in [3.63, 3.8) is 0 Å². The van der Waals surface area contributed by atoms with E-state index in [0.29, 0.717) is 6.42 Å². The zero-order valence-corrected chi connectivity index (χ0v) is 27.2. The second-order valence-corrected chi connectivity index (χ2v) is 12.9. The molecular weight excluding hydrogens is 513 g/mol. The minimum absolute atomic E-state index is 0.0270. The molecule has 0 aromatic heterocycles. The Balaban J connectivity index is 4.77. The first-order chi connectivity index (χ1) is 18.6. The van der Waals surface area contributed by atoms with Crippen LogP contribution in [0.3, 0.4) is 0 Å². The summed E-state index contributed by atoms with van der Waals surface area (Å²) in [6.45, 7) is 12.9. The van der Waals surface area contributed by atoms with E-state index >= 15 is 0 Å². The van der Waals surface area contributed by atoms with Gasteiger partial charge < -0.3 is 19.0 Å². The maximum absolute atomic E-state index is 11.9. The summed E-state index contributed by atoms with van der Waals surface area (Å²) in [7, 11) is -4.59. The van der Waals surface area contributed by atoms with E-state index in [4.69, 9.17) is 9.26 Å². The van der Waals surface area contributed by atoms with Crippen molar-refractivity contribution in [2.75, 3.05) is 26.2 Å². The van der Waals surface area contributed by atoms with Crippen LogP contribution in [0.15, 0.2) is 0 Å². The number of phosphoric acid groups is 1. The Bertz CT molecular complexity index is 609. The van der Waals surface area contributed by atoms with Gasteiger partial charge in [0, 0.05) is 13.3 Å². The van der Waals surface area contributed by atoms with Crippen LogP contribution in [-0.2, 0) is 18.6 Å². The third kappa shape index (κ3) is 21.0. The fourth-order valence-corrected chi connectivity index (χ4v) is 6.55. The Morgan fingerprint density at radius 3 is 1.46 bits per heavy atom. The Labute approximate surface area is 241 Å². The first kappa shape index (κ1) is 38.5. The molecule has 0 saturated carbocycles. The summed E-state index contributed by atoms with van der Waals surface area (Å²) in [6.07, 6.45) is 22.2. The Kier molecular flexibility index (Phi) is 23.9. The molecule has 2 atom stereocenters. The molecule has 2 unspecified atom stereocenters. The van der Waals surface area contributed by atoms with Gasteiger partial charge in [0.1, 0.15) is 18.8 Å². The van der Waals surface area contributed by atoms with Gasteiger partial charge in [-0.1, -0.05) is 111 Å². The molecule has 0 aliphatic heterocycles. The Morgan fingerprint density at radius 1 is 0.692 bits per heavy atom. The quantitative estimate of drug-likeness (QED) is 0.0417. The molecule has 39 heavy (non-hydrogen) atoms. The van der Waals surface area contributed by atoms with Gasteiger partial charge in [-0.25, -0.2) is 4.57 Å². The standard InChI is InChI=1S/C31H64NO6P/c1-6-10-11-12-13-14-15-16-17-18-19-20-21-22-23-31(38-29(5)33)27-30(28-37-39(34,35)36)32(24-7-2,25-8-3)26-9-4/h30-31H,6-28H2,1-5H3,(H-,34,35,36)/p+1. The van der Waals surface area contributed by atoms with Crippen molar-refractivity contribution >= 4 is 13.8 Å². The van der Waals surface area contributed by atoms with Crippen LogP contribution in [0, 0.1) is 0 Å². The normalized spacial score (nSPS) is 13.9. The predicted octanol–water partition coefficient (Wildman–Crippen LogP) is 8.70. The predicted molar refractivity (Wildman–Crippen MR) is 163 cm³/mol. The molecule has 0 spiro atoms. The zero-order valence-electron chi connectivity index (χ0n) is 26.3. The van der Waals surface area contributed by atoms with Crippen molar-refractivity contribution in [2.24, 2.45) is 0 Å². The average Bonchev–Trinajstić information content (AvgIpc) is 2.86. The van der Waals surface area contributed by atoms with E-state index in [0.717, 1.165) is 62.6 Å². The van der Waals surface area contributed by atoms with Crippen molar-refractivity contribution in [2.45, 2.75) is 169 Å². The number of ether oxygens (including phenoxy) is 1. The van der Waals surface area contributed by atoms with Crippen LogP contribution in [0.2, 0.25) is 0 Å². The highest BCUT2D eigenvalue weighted by molar-refractivity contribution is 7.46. The van der Waals surface area contributed by atoms with Crippen LogP contribution in [-0.4, -0.2) is 58.6 Å². The van der Waals surface area contributed by atoms with E-state index in [1.807, 2.05) is 0 Å². The summed E-state index contributed by atoms with van der Waals surface area (Å²) in [5.41, 5.74) is 0. The van der Waals surface area contributed by atoms with Gasteiger partial charge in [0.2, 0.25) is 0 Å². The zero-order chi connectivity index (χ0) is 29.4. The maximum atomic E-state index is 11.9. The van der Waals surface area contributed by atoms with Gasteiger partial charge in [-0.15, -0.1) is 0 Å². The highest BCUT2D eigenvalue weighted by atomic mass is 31.2. The molecule has 234 valence electrons. The lowest BCUT2D eigenvalue weighted by atomic mass is 9.98. The summed E-state index contributed by atoms with van der Waals surface area (Å²) < 4.78 is 23.2. The van der Waals surface area contributed by atoms with Crippen molar-refractivity contribution < 1.29 is 32.9 Å². The van der Waals surface area contributed by atoms with Gasteiger partial charge in [0.25, 0.3) is 0 Å². The van der Waals surface area contributed by atoms with E-state index in [-0.39, 0.29) is 24.7 Å². The molecule has 2 N–H and O–H groups in total. The Morgan fingerprint density at radius 2 is 1.10 bits per heavy atom. The second kappa shape index (κ2) is 24.2. The molecule has 8 heteroatoms. The molecule has 0 aromatic rings. The van der Waals surface area contributed by atoms with Crippen LogP contribution < -0.4 is 0 Å². The lowest BCUT2D eigenvalue weighted by Gasteiger charge is -2.45. The van der Waals surface area contributed by atoms with Gasteiger partial charge in [0.05, 0.1) is 19.6 Å². The number of quaternary nitrogens is 1. The number of hydrogen-bond acceptors (Lipinski definition) is 4. The van der Waals surface area contributed by atoms with E-state index < -0.39 is 7.82 Å². The molecule has 0 rings (SSSR count). The van der Waals surface area contributed by atoms with Crippen LogP contribution >= 0.6 is 7.82 Å². The summed E-state index contributed by atoms with van der Waals surface area (Å²) in [5.74, 6) is -0.292. The number of nitrogens with zero attached hydrogens (tertiary/aromatic N) is 1. The first-order valence-corrected chi connectivity index (χ1v) is 17.9. The van der Waals surface area contributed by atoms with Crippen molar-refractivity contribution in [1.29, 1.82) is 0 Å². The smallest absolute Gasteiger partial charge is 0.462 e. The molecule has 7 nitrogen and oxygen atoms in total. The number of phosphoric ester groups is 1.